The molecule has 1 aromatic rings. The molecule has 0 unspecified atom stereocenters. The number of rotatable bonds is 7. The van der Waals surface area contributed by atoms with Crippen LogP contribution in [0.15, 0.2) is 17.0 Å². The number of amides is 2. The second-order valence-corrected chi connectivity index (χ2v) is 7.66. The molecule has 1 atom stereocenters. The monoisotopic (exact) mass is 515 g/mol. The summed E-state index contributed by atoms with van der Waals surface area (Å²) in [6.07, 6.45) is 6.79. The number of terminal acetylenes is 1. The van der Waals surface area contributed by atoms with Gasteiger partial charge in [-0.3, -0.25) is 14.5 Å². The summed E-state index contributed by atoms with van der Waals surface area (Å²) < 4.78 is 16.5. The minimum Gasteiger partial charge on any atom is -0.493 e. The van der Waals surface area contributed by atoms with Crippen molar-refractivity contribution in [3.63, 3.8) is 0 Å². The first-order valence-electron chi connectivity index (χ1n) is 8.21. The highest BCUT2D eigenvalue weighted by Crippen LogP contribution is 2.37. The first kappa shape index (κ1) is 22.1. The molecule has 0 aliphatic carbocycles. The number of nitrogens with zero attached hydrogens (tertiary/aromatic N) is 1. The lowest BCUT2D eigenvalue weighted by Crippen LogP contribution is -2.42. The van der Waals surface area contributed by atoms with Gasteiger partial charge in [0.25, 0.3) is 11.1 Å². The Morgan fingerprint density at radius 2 is 2.14 bits per heavy atom. The molecule has 28 heavy (non-hydrogen) atoms. The number of thioether (sulfide) groups is 1. The molecule has 0 bridgehead atoms. The summed E-state index contributed by atoms with van der Waals surface area (Å²) in [6.45, 7) is 3.38. The molecule has 1 fully saturated rings. The number of halogens is 1. The third kappa shape index (κ3) is 4.80. The van der Waals surface area contributed by atoms with Crippen molar-refractivity contribution < 1.29 is 28.6 Å². The van der Waals surface area contributed by atoms with Crippen molar-refractivity contribution in [1.82, 2.24) is 4.90 Å². The first-order chi connectivity index (χ1) is 13.3. The Bertz CT molecular complexity index is 876. The summed E-state index contributed by atoms with van der Waals surface area (Å²) in [5.41, 5.74) is 0.642. The molecule has 2 rings (SSSR count). The number of hydrogen-bond acceptors (Lipinski definition) is 7. The number of benzene rings is 1. The van der Waals surface area contributed by atoms with Crippen LogP contribution < -0.4 is 9.47 Å². The molecule has 1 saturated heterocycles. The third-order valence-corrected chi connectivity index (χ3v) is 5.37. The Labute approximate surface area is 180 Å². The molecule has 1 heterocycles. The average molecular weight is 515 g/mol. The van der Waals surface area contributed by atoms with E-state index in [2.05, 4.69) is 28.5 Å². The van der Waals surface area contributed by atoms with Gasteiger partial charge in [-0.15, -0.1) is 6.42 Å². The maximum atomic E-state index is 12.6. The number of methoxy groups -OCH3 is 1. The minimum atomic E-state index is -0.993. The van der Waals surface area contributed by atoms with Crippen LogP contribution in [-0.2, 0) is 14.3 Å². The molecule has 9 heteroatoms. The Kier molecular flexibility index (Phi) is 7.77. The summed E-state index contributed by atoms with van der Waals surface area (Å²) in [5.74, 6) is 2.17. The lowest BCUT2D eigenvalue weighted by atomic mass is 10.1. The molecule has 0 spiro atoms. The van der Waals surface area contributed by atoms with Gasteiger partial charge in [-0.25, -0.2) is 4.79 Å². The van der Waals surface area contributed by atoms with E-state index in [1.807, 2.05) is 0 Å². The number of hydrogen-bond donors (Lipinski definition) is 0. The van der Waals surface area contributed by atoms with E-state index in [9.17, 15) is 14.4 Å². The van der Waals surface area contributed by atoms with Crippen molar-refractivity contribution in [2.75, 3.05) is 20.3 Å². The van der Waals surface area contributed by atoms with Gasteiger partial charge in [-0.1, -0.05) is 5.92 Å². The Balaban J connectivity index is 2.32. The molecule has 0 saturated carbocycles. The van der Waals surface area contributed by atoms with Crippen molar-refractivity contribution in [2.45, 2.75) is 19.9 Å². The molecule has 0 N–H and O–H groups in total. The molecule has 2 amide bonds. The van der Waals surface area contributed by atoms with Crippen molar-refractivity contribution in [1.29, 1.82) is 0 Å². The summed E-state index contributed by atoms with van der Waals surface area (Å²) >= 11 is 2.84. The fraction of sp³-hybridized carbons (Fsp3) is 0.316. The Morgan fingerprint density at radius 3 is 2.75 bits per heavy atom. The van der Waals surface area contributed by atoms with Crippen molar-refractivity contribution in [2.24, 2.45) is 0 Å². The van der Waals surface area contributed by atoms with Gasteiger partial charge in [0.05, 0.1) is 22.2 Å². The largest absolute Gasteiger partial charge is 0.493 e. The molecular weight excluding hydrogens is 497 g/mol. The maximum Gasteiger partial charge on any atom is 0.329 e. The van der Waals surface area contributed by atoms with Crippen LogP contribution in [0.2, 0.25) is 0 Å². The van der Waals surface area contributed by atoms with E-state index in [1.165, 1.54) is 14.0 Å². The molecule has 0 aromatic heterocycles. The van der Waals surface area contributed by atoms with Gasteiger partial charge in [0, 0.05) is 0 Å². The van der Waals surface area contributed by atoms with Crippen LogP contribution >= 0.6 is 34.4 Å². The topological polar surface area (TPSA) is 82.1 Å². The van der Waals surface area contributed by atoms with Crippen molar-refractivity contribution in [3.05, 3.63) is 26.2 Å². The van der Waals surface area contributed by atoms with Gasteiger partial charge in [0.2, 0.25) is 0 Å². The van der Waals surface area contributed by atoms with E-state index in [1.54, 1.807) is 25.1 Å². The molecule has 0 radical (unpaired) electrons. The van der Waals surface area contributed by atoms with Crippen LogP contribution in [0, 0.1) is 15.9 Å². The second-order valence-electron chi connectivity index (χ2n) is 5.51. The predicted molar refractivity (Wildman–Crippen MR) is 114 cm³/mol. The van der Waals surface area contributed by atoms with Crippen LogP contribution in [0.5, 0.6) is 11.5 Å². The molecule has 7 nitrogen and oxygen atoms in total. The van der Waals surface area contributed by atoms with Crippen LogP contribution in [0.1, 0.15) is 19.4 Å². The highest BCUT2D eigenvalue weighted by Gasteiger charge is 2.41. The van der Waals surface area contributed by atoms with Crippen molar-refractivity contribution in [3.8, 4) is 23.8 Å². The minimum absolute atomic E-state index is 0.0936. The standard InChI is InChI=1S/C19H18INO6S/c1-5-7-27-16-13(20)8-12(9-14(16)25-4)10-15-17(22)21(19(24)28-15)11(3)18(23)26-6-2/h1,8-11H,6-7H2,2-4H3/b15-10+/t11-/m1/s1. The normalized spacial score (nSPS) is 16.1. The van der Waals surface area contributed by atoms with E-state index in [4.69, 9.17) is 20.6 Å². The average Bonchev–Trinajstić information content (AvgIpc) is 2.93. The molecular formula is C19H18INO6S. The zero-order valence-corrected chi connectivity index (χ0v) is 18.5. The second kappa shape index (κ2) is 9.84. The smallest absolute Gasteiger partial charge is 0.329 e. The summed E-state index contributed by atoms with van der Waals surface area (Å²) in [4.78, 5) is 37.9. The summed E-state index contributed by atoms with van der Waals surface area (Å²) in [5, 5.41) is -0.521. The fourth-order valence-electron chi connectivity index (χ4n) is 2.41. The van der Waals surface area contributed by atoms with Crippen LogP contribution in [-0.4, -0.2) is 48.4 Å². The SMILES string of the molecule is C#CCOc1c(I)cc(/C=C2/SC(=O)N([C@H](C)C(=O)OCC)C2=O)cc1OC. The fourth-order valence-corrected chi connectivity index (χ4v) is 4.10. The van der Waals surface area contributed by atoms with Gasteiger partial charge < -0.3 is 14.2 Å². The number of imide groups is 1. The van der Waals surface area contributed by atoms with E-state index in [0.717, 1.165) is 20.2 Å². The van der Waals surface area contributed by atoms with Crippen molar-refractivity contribution >= 4 is 57.5 Å². The number of carbonyl (C=O) groups excluding carboxylic acids is 3. The lowest BCUT2D eigenvalue weighted by Gasteiger charge is -2.19. The van der Waals surface area contributed by atoms with Gasteiger partial charge in [-0.2, -0.15) is 0 Å². The van der Waals surface area contributed by atoms with Crippen LogP contribution in [0.4, 0.5) is 4.79 Å². The van der Waals surface area contributed by atoms with E-state index < -0.39 is 23.2 Å². The number of esters is 1. The molecule has 148 valence electrons. The molecule has 1 aliphatic heterocycles. The number of ether oxygens (including phenoxy) is 3. The number of carbonyl (C=O) groups is 3. The van der Waals surface area contributed by atoms with Gasteiger partial charge in [0.15, 0.2) is 11.5 Å². The zero-order valence-electron chi connectivity index (χ0n) is 15.5. The van der Waals surface area contributed by atoms with Gasteiger partial charge in [-0.05, 0) is 72.0 Å². The zero-order chi connectivity index (χ0) is 20.8. The Morgan fingerprint density at radius 1 is 1.43 bits per heavy atom. The van der Waals surface area contributed by atoms with Gasteiger partial charge in [0.1, 0.15) is 12.6 Å². The van der Waals surface area contributed by atoms with Crippen LogP contribution in [0.3, 0.4) is 0 Å². The van der Waals surface area contributed by atoms with E-state index in [-0.39, 0.29) is 18.1 Å². The molecule has 1 aromatic carbocycles. The van der Waals surface area contributed by atoms with E-state index >= 15 is 0 Å². The summed E-state index contributed by atoms with van der Waals surface area (Å²) in [7, 11) is 1.49. The first-order valence-corrected chi connectivity index (χ1v) is 10.1. The van der Waals surface area contributed by atoms with E-state index in [0.29, 0.717) is 17.1 Å². The summed E-state index contributed by atoms with van der Waals surface area (Å²) in [6, 6.07) is 2.46. The molecule has 1 aliphatic rings. The highest BCUT2D eigenvalue weighted by molar-refractivity contribution is 14.1. The Hall–Kier alpha value is -2.19. The highest BCUT2D eigenvalue weighted by atomic mass is 127. The predicted octanol–water partition coefficient (Wildman–Crippen LogP) is 3.30. The maximum absolute atomic E-state index is 12.6. The lowest BCUT2D eigenvalue weighted by molar-refractivity contribution is -0.150. The quantitative estimate of drug-likeness (QED) is 0.239. The van der Waals surface area contributed by atoms with Gasteiger partial charge >= 0.3 is 5.97 Å². The third-order valence-electron chi connectivity index (χ3n) is 3.69. The van der Waals surface area contributed by atoms with Crippen LogP contribution in [0.25, 0.3) is 6.08 Å².